The van der Waals surface area contributed by atoms with Gasteiger partial charge in [0.05, 0.1) is 17.9 Å². The summed E-state index contributed by atoms with van der Waals surface area (Å²) in [5.74, 6) is 1.61. The minimum Gasteiger partial charge on any atom is -0.490 e. The highest BCUT2D eigenvalue weighted by molar-refractivity contribution is 8.17. The molecule has 38 heavy (non-hydrogen) atoms. The second-order valence-corrected chi connectivity index (χ2v) is 9.37. The third kappa shape index (κ3) is 5.35. The number of nitrogens with zero attached hydrogens (tertiary/aromatic N) is 2. The van der Waals surface area contributed by atoms with Gasteiger partial charge in [0.25, 0.3) is 5.91 Å². The molecule has 0 atom stereocenters. The summed E-state index contributed by atoms with van der Waals surface area (Å²) in [7, 11) is 0. The summed E-state index contributed by atoms with van der Waals surface area (Å²) in [6.07, 6.45) is 1.67. The first kappa shape index (κ1) is 25.4. The lowest BCUT2D eigenvalue weighted by atomic mass is 10.1. The van der Waals surface area contributed by atoms with Crippen molar-refractivity contribution in [1.82, 2.24) is 4.90 Å². The van der Waals surface area contributed by atoms with Crippen molar-refractivity contribution in [2.45, 2.75) is 13.8 Å². The van der Waals surface area contributed by atoms with E-state index in [1.165, 1.54) is 11.8 Å². The van der Waals surface area contributed by atoms with Crippen LogP contribution < -0.4 is 14.2 Å². The van der Waals surface area contributed by atoms with Crippen LogP contribution in [0.1, 0.15) is 23.6 Å². The maximum Gasteiger partial charge on any atom is 0.283 e. The number of amides is 1. The van der Waals surface area contributed by atoms with Crippen molar-refractivity contribution in [2.24, 2.45) is 4.99 Å². The van der Waals surface area contributed by atoms with Crippen LogP contribution in [0, 0.1) is 12.3 Å². The largest absolute Gasteiger partial charge is 0.490 e. The molecule has 3 aromatic carbocycles. The summed E-state index contributed by atoms with van der Waals surface area (Å²) < 4.78 is 17.6. The molecule has 5 rings (SSSR count). The summed E-state index contributed by atoms with van der Waals surface area (Å²) in [4.78, 5) is 18.8. The monoisotopic (exact) mass is 525 g/mol. The molecule has 1 N–H and O–H groups in total. The Morgan fingerprint density at radius 3 is 2.42 bits per heavy atom. The molecule has 2 heterocycles. The van der Waals surface area contributed by atoms with Crippen LogP contribution in [0.15, 0.2) is 88.8 Å². The molecule has 192 valence electrons. The molecule has 0 bridgehead atoms. The molecule has 0 unspecified atom stereocenters. The molecule has 8 heteroatoms. The summed E-state index contributed by atoms with van der Waals surface area (Å²) in [5.41, 5.74) is 3.76. The van der Waals surface area contributed by atoms with Gasteiger partial charge in [0, 0.05) is 5.41 Å². The third-order valence-corrected chi connectivity index (χ3v) is 6.78. The van der Waals surface area contributed by atoms with Crippen LogP contribution in [0.25, 0.3) is 11.8 Å². The fraction of sp³-hybridized carbons (Fsp3) is 0.167. The van der Waals surface area contributed by atoms with E-state index in [9.17, 15) is 4.79 Å². The number of hydrogen-bond acceptors (Lipinski definition) is 6. The van der Waals surface area contributed by atoms with Crippen molar-refractivity contribution in [3.8, 4) is 17.2 Å². The molecule has 0 spiro atoms. The normalized spacial score (nSPS) is 15.7. The highest BCUT2D eigenvalue weighted by atomic mass is 32.2. The summed E-state index contributed by atoms with van der Waals surface area (Å²) in [5, 5.41) is 11.2. The van der Waals surface area contributed by atoms with E-state index >= 15 is 0 Å². The van der Waals surface area contributed by atoms with Gasteiger partial charge in [-0.2, -0.15) is 4.99 Å². The molecule has 7 nitrogen and oxygen atoms in total. The Morgan fingerprint density at radius 2 is 1.66 bits per heavy atom. The van der Waals surface area contributed by atoms with Gasteiger partial charge in [-0.05, 0) is 54.8 Å². The van der Waals surface area contributed by atoms with Crippen LogP contribution in [0.2, 0.25) is 0 Å². The molecule has 2 aliphatic heterocycles. The fourth-order valence-electron chi connectivity index (χ4n) is 4.10. The number of fused-ring (bicyclic) bond motifs is 1. The van der Waals surface area contributed by atoms with Gasteiger partial charge in [0.2, 0.25) is 0 Å². The highest BCUT2D eigenvalue weighted by Crippen LogP contribution is 2.37. The first-order valence-corrected chi connectivity index (χ1v) is 13.2. The molecule has 0 saturated carbocycles. The van der Waals surface area contributed by atoms with E-state index in [2.05, 4.69) is 4.99 Å². The van der Waals surface area contributed by atoms with Gasteiger partial charge >= 0.3 is 0 Å². The molecule has 3 aromatic rings. The zero-order chi connectivity index (χ0) is 26.5. The van der Waals surface area contributed by atoms with Crippen LogP contribution in [-0.2, 0) is 4.79 Å². The number of nitrogens with one attached hydrogen (secondary N) is 1. The van der Waals surface area contributed by atoms with Gasteiger partial charge < -0.3 is 14.2 Å². The number of ether oxygens (including phenoxy) is 3. The third-order valence-electron chi connectivity index (χ3n) is 5.95. The van der Waals surface area contributed by atoms with E-state index in [0.29, 0.717) is 42.1 Å². The van der Waals surface area contributed by atoms with Crippen molar-refractivity contribution < 1.29 is 19.0 Å². The average Bonchev–Trinajstić information content (AvgIpc) is 3.35. The van der Waals surface area contributed by atoms with Crippen LogP contribution in [0.3, 0.4) is 0 Å². The molecule has 0 aromatic heterocycles. The van der Waals surface area contributed by atoms with Gasteiger partial charge in [0.1, 0.15) is 24.8 Å². The van der Waals surface area contributed by atoms with E-state index in [0.717, 1.165) is 22.6 Å². The van der Waals surface area contributed by atoms with Crippen LogP contribution in [0.5, 0.6) is 17.2 Å². The zero-order valence-electron chi connectivity index (χ0n) is 21.1. The Labute approximate surface area is 225 Å². The van der Waals surface area contributed by atoms with Gasteiger partial charge in [0.15, 0.2) is 16.7 Å². The minimum atomic E-state index is -0.442. The van der Waals surface area contributed by atoms with Gasteiger partial charge in [-0.25, -0.2) is 0 Å². The Kier molecular flexibility index (Phi) is 7.60. The van der Waals surface area contributed by atoms with Crippen molar-refractivity contribution in [3.63, 3.8) is 0 Å². The second-order valence-electron chi connectivity index (χ2n) is 8.53. The Balaban J connectivity index is 1.33. The summed E-state index contributed by atoms with van der Waals surface area (Å²) in [6.45, 7) is 5.08. The first-order valence-electron chi connectivity index (χ1n) is 12.3. The summed E-state index contributed by atoms with van der Waals surface area (Å²) >= 11 is 1.34. The number of amidine groups is 2. The van der Waals surface area contributed by atoms with Crippen LogP contribution in [-0.4, -0.2) is 41.6 Å². The standard InChI is InChI=1S/C30H27N3O4S/c1-3-35-27-18-21(13-14-26(27)37-16-15-36-25-12-8-7-9-20(25)2)17-23-28(31)33-24(22-10-5-4-6-11-22)19-38-30(33)32-29(23)34/h4-14,17-19,31H,3,15-16H2,1-2H3. The van der Waals surface area contributed by atoms with Gasteiger partial charge in [-0.1, -0.05) is 66.4 Å². The molecule has 2 aliphatic rings. The second kappa shape index (κ2) is 11.4. The number of benzene rings is 3. The van der Waals surface area contributed by atoms with E-state index in [-0.39, 0.29) is 11.4 Å². The predicted molar refractivity (Wildman–Crippen MR) is 152 cm³/mol. The Morgan fingerprint density at radius 1 is 0.921 bits per heavy atom. The van der Waals surface area contributed by atoms with Crippen molar-refractivity contribution in [2.75, 3.05) is 19.8 Å². The molecule has 0 radical (unpaired) electrons. The Bertz CT molecular complexity index is 1460. The maximum atomic E-state index is 12.9. The Hall–Kier alpha value is -4.30. The molecule has 0 saturated heterocycles. The first-order chi connectivity index (χ1) is 18.5. The molecule has 0 fully saturated rings. The SMILES string of the molecule is CCOc1cc(C=C2C(=N)N3C(c4ccccc4)=CSC3=NC2=O)ccc1OCCOc1ccccc1C. The number of rotatable bonds is 9. The predicted octanol–water partition coefficient (Wildman–Crippen LogP) is 6.16. The van der Waals surface area contributed by atoms with Crippen molar-refractivity contribution in [3.05, 3.63) is 100 Å². The highest BCUT2D eigenvalue weighted by Gasteiger charge is 2.36. The maximum absolute atomic E-state index is 12.9. The molecule has 1 amide bonds. The number of aliphatic imine (C=N–C) groups is 1. The topological polar surface area (TPSA) is 84.2 Å². The van der Waals surface area contributed by atoms with E-state index < -0.39 is 5.91 Å². The lowest BCUT2D eigenvalue weighted by molar-refractivity contribution is -0.114. The lowest BCUT2D eigenvalue weighted by Gasteiger charge is -2.27. The van der Waals surface area contributed by atoms with Gasteiger partial charge in [-0.15, -0.1) is 0 Å². The number of carbonyl (C=O) groups is 1. The number of carbonyl (C=O) groups excluding carboxylic acids is 1. The molecular formula is C30H27N3O4S. The zero-order valence-corrected chi connectivity index (χ0v) is 22.0. The van der Waals surface area contributed by atoms with E-state index in [1.54, 1.807) is 23.1 Å². The molecular weight excluding hydrogens is 498 g/mol. The van der Waals surface area contributed by atoms with Crippen molar-refractivity contribution >= 4 is 40.4 Å². The van der Waals surface area contributed by atoms with Crippen LogP contribution in [0.4, 0.5) is 0 Å². The van der Waals surface area contributed by atoms with Crippen LogP contribution >= 0.6 is 11.8 Å². The lowest BCUT2D eigenvalue weighted by Crippen LogP contribution is -2.38. The number of hydrogen-bond donors (Lipinski definition) is 1. The number of aryl methyl sites for hydroxylation is 1. The smallest absolute Gasteiger partial charge is 0.283 e. The molecule has 0 aliphatic carbocycles. The van der Waals surface area contributed by atoms with Crippen molar-refractivity contribution in [1.29, 1.82) is 5.41 Å². The summed E-state index contributed by atoms with van der Waals surface area (Å²) in [6, 6.07) is 23.1. The quantitative estimate of drug-likeness (QED) is 0.266. The number of para-hydroxylation sites is 1. The van der Waals surface area contributed by atoms with E-state index in [1.807, 2.05) is 79.9 Å². The minimum absolute atomic E-state index is 0.0896. The fourth-order valence-corrected chi connectivity index (χ4v) is 4.99. The van der Waals surface area contributed by atoms with E-state index in [4.69, 9.17) is 19.6 Å². The average molecular weight is 526 g/mol. The van der Waals surface area contributed by atoms with Gasteiger partial charge in [-0.3, -0.25) is 15.1 Å². The number of thioether (sulfide) groups is 1.